The zero-order valence-corrected chi connectivity index (χ0v) is 17.2. The topological polar surface area (TPSA) is 45.6 Å². The van der Waals surface area contributed by atoms with Gasteiger partial charge in [-0.05, 0) is 49.6 Å². The fourth-order valence-corrected chi connectivity index (χ4v) is 3.72. The van der Waals surface area contributed by atoms with Crippen molar-refractivity contribution in [1.29, 1.82) is 0 Å². The highest BCUT2D eigenvalue weighted by atomic mass is 127. The smallest absolute Gasteiger partial charge is 0.191 e. The molecule has 0 radical (unpaired) electrons. The van der Waals surface area contributed by atoms with E-state index in [2.05, 4.69) is 39.5 Å². The summed E-state index contributed by atoms with van der Waals surface area (Å²) < 4.78 is 5.53. The SMILES string of the molecule is CCOc1cccc(CCNC(=NC)NCC2CCCS2)c1.I. The van der Waals surface area contributed by atoms with E-state index in [-0.39, 0.29) is 24.0 Å². The predicted molar refractivity (Wildman–Crippen MR) is 112 cm³/mol. The van der Waals surface area contributed by atoms with Crippen molar-refractivity contribution in [3.05, 3.63) is 29.8 Å². The third-order valence-corrected chi connectivity index (χ3v) is 5.06. The molecule has 1 aromatic rings. The van der Waals surface area contributed by atoms with Crippen LogP contribution in [-0.2, 0) is 6.42 Å². The number of rotatable bonds is 7. The maximum atomic E-state index is 5.53. The molecule has 23 heavy (non-hydrogen) atoms. The lowest BCUT2D eigenvalue weighted by Crippen LogP contribution is -2.40. The number of halogens is 1. The Hall–Kier alpha value is -0.630. The number of nitrogens with one attached hydrogen (secondary N) is 2. The first-order valence-corrected chi connectivity index (χ1v) is 9.14. The Balaban J connectivity index is 0.00000264. The molecular weight excluding hydrogens is 421 g/mol. The molecule has 1 saturated heterocycles. The molecule has 0 spiro atoms. The van der Waals surface area contributed by atoms with Gasteiger partial charge >= 0.3 is 0 Å². The van der Waals surface area contributed by atoms with Crippen molar-refractivity contribution in [2.75, 3.05) is 32.5 Å². The summed E-state index contributed by atoms with van der Waals surface area (Å²) in [5.74, 6) is 3.14. The van der Waals surface area contributed by atoms with E-state index in [1.807, 2.05) is 26.1 Å². The molecule has 0 bridgehead atoms. The Morgan fingerprint density at radius 3 is 2.96 bits per heavy atom. The van der Waals surface area contributed by atoms with E-state index in [9.17, 15) is 0 Å². The third-order valence-electron chi connectivity index (χ3n) is 3.66. The second-order valence-corrected chi connectivity index (χ2v) is 6.75. The van der Waals surface area contributed by atoms with E-state index in [4.69, 9.17) is 4.74 Å². The molecule has 1 fully saturated rings. The van der Waals surface area contributed by atoms with E-state index in [0.717, 1.165) is 36.5 Å². The van der Waals surface area contributed by atoms with E-state index in [1.54, 1.807) is 0 Å². The number of hydrogen-bond donors (Lipinski definition) is 2. The summed E-state index contributed by atoms with van der Waals surface area (Å²) in [5, 5.41) is 7.54. The van der Waals surface area contributed by atoms with Crippen LogP contribution in [0.2, 0.25) is 0 Å². The number of aliphatic imine (C=N–C) groups is 1. The molecule has 1 unspecified atom stereocenters. The standard InChI is InChI=1S/C17H27N3OS.HI/c1-3-21-15-7-4-6-14(12-15)9-10-19-17(18-2)20-13-16-8-5-11-22-16;/h4,6-7,12,16H,3,5,8-11,13H2,1-2H3,(H2,18,19,20);1H. The van der Waals surface area contributed by atoms with Crippen LogP contribution in [0.3, 0.4) is 0 Å². The fraction of sp³-hybridized carbons (Fsp3) is 0.588. The molecule has 0 saturated carbocycles. The summed E-state index contributed by atoms with van der Waals surface area (Å²) in [4.78, 5) is 4.29. The normalized spacial score (nSPS) is 17.5. The van der Waals surface area contributed by atoms with Crippen LogP contribution in [-0.4, -0.2) is 43.7 Å². The molecule has 0 amide bonds. The average molecular weight is 449 g/mol. The van der Waals surface area contributed by atoms with Crippen molar-refractivity contribution in [2.24, 2.45) is 4.99 Å². The van der Waals surface area contributed by atoms with E-state index in [0.29, 0.717) is 6.61 Å². The van der Waals surface area contributed by atoms with Gasteiger partial charge in [0.15, 0.2) is 5.96 Å². The quantitative estimate of drug-likeness (QED) is 0.381. The summed E-state index contributed by atoms with van der Waals surface area (Å²) >= 11 is 2.06. The Kier molecular flexibility index (Phi) is 10.5. The molecule has 6 heteroatoms. The van der Waals surface area contributed by atoms with Gasteiger partial charge in [0.25, 0.3) is 0 Å². The molecule has 2 rings (SSSR count). The molecule has 1 heterocycles. The number of benzene rings is 1. The van der Waals surface area contributed by atoms with Gasteiger partial charge in [-0.3, -0.25) is 4.99 Å². The summed E-state index contributed by atoms with van der Waals surface area (Å²) in [6.45, 7) is 4.58. The highest BCUT2D eigenvalue weighted by Gasteiger charge is 2.15. The zero-order valence-electron chi connectivity index (χ0n) is 14.0. The lowest BCUT2D eigenvalue weighted by atomic mass is 10.1. The van der Waals surface area contributed by atoms with Gasteiger partial charge in [-0.25, -0.2) is 0 Å². The second kappa shape index (κ2) is 11.8. The highest BCUT2D eigenvalue weighted by Crippen LogP contribution is 2.25. The van der Waals surface area contributed by atoms with Gasteiger partial charge in [-0.15, -0.1) is 24.0 Å². The molecule has 4 nitrogen and oxygen atoms in total. The molecular formula is C17H28IN3OS. The lowest BCUT2D eigenvalue weighted by molar-refractivity contribution is 0.340. The van der Waals surface area contributed by atoms with E-state index >= 15 is 0 Å². The van der Waals surface area contributed by atoms with Crippen molar-refractivity contribution >= 4 is 41.7 Å². The zero-order chi connectivity index (χ0) is 15.6. The molecule has 1 atom stereocenters. The predicted octanol–water partition coefficient (Wildman–Crippen LogP) is 3.31. The van der Waals surface area contributed by atoms with Gasteiger partial charge < -0.3 is 15.4 Å². The number of guanidine groups is 1. The van der Waals surface area contributed by atoms with Gasteiger partial charge in [0, 0.05) is 25.4 Å². The van der Waals surface area contributed by atoms with Gasteiger partial charge in [0.1, 0.15) is 5.75 Å². The summed E-state index contributed by atoms with van der Waals surface area (Å²) in [6.07, 6.45) is 3.62. The minimum absolute atomic E-state index is 0. The number of hydrogen-bond acceptors (Lipinski definition) is 3. The van der Waals surface area contributed by atoms with Crippen LogP contribution in [0, 0.1) is 0 Å². The molecule has 1 aliphatic rings. The van der Waals surface area contributed by atoms with Crippen molar-refractivity contribution in [3.8, 4) is 5.75 Å². The van der Waals surface area contributed by atoms with Crippen LogP contribution < -0.4 is 15.4 Å². The molecule has 0 aliphatic carbocycles. The van der Waals surface area contributed by atoms with Crippen molar-refractivity contribution in [3.63, 3.8) is 0 Å². The van der Waals surface area contributed by atoms with Crippen LogP contribution in [0.4, 0.5) is 0 Å². The van der Waals surface area contributed by atoms with Gasteiger partial charge in [0.05, 0.1) is 6.61 Å². The minimum Gasteiger partial charge on any atom is -0.494 e. The molecule has 0 aromatic heterocycles. The largest absolute Gasteiger partial charge is 0.494 e. The molecule has 130 valence electrons. The van der Waals surface area contributed by atoms with E-state index < -0.39 is 0 Å². The Morgan fingerprint density at radius 2 is 2.26 bits per heavy atom. The van der Waals surface area contributed by atoms with Gasteiger partial charge in [-0.1, -0.05) is 12.1 Å². The lowest BCUT2D eigenvalue weighted by Gasteiger charge is -2.15. The molecule has 2 N–H and O–H groups in total. The maximum absolute atomic E-state index is 5.53. The maximum Gasteiger partial charge on any atom is 0.191 e. The van der Waals surface area contributed by atoms with Crippen molar-refractivity contribution in [2.45, 2.75) is 31.4 Å². The van der Waals surface area contributed by atoms with Gasteiger partial charge in [-0.2, -0.15) is 11.8 Å². The van der Waals surface area contributed by atoms with Crippen LogP contribution in [0.15, 0.2) is 29.3 Å². The summed E-state index contributed by atoms with van der Waals surface area (Å²) in [7, 11) is 1.83. The summed E-state index contributed by atoms with van der Waals surface area (Å²) in [6, 6.07) is 8.29. The van der Waals surface area contributed by atoms with Crippen LogP contribution in [0.25, 0.3) is 0 Å². The second-order valence-electron chi connectivity index (χ2n) is 5.35. The first-order valence-electron chi connectivity index (χ1n) is 8.09. The monoisotopic (exact) mass is 449 g/mol. The Morgan fingerprint density at radius 1 is 1.39 bits per heavy atom. The van der Waals surface area contributed by atoms with Crippen LogP contribution >= 0.6 is 35.7 Å². The number of thioether (sulfide) groups is 1. The third kappa shape index (κ3) is 7.65. The van der Waals surface area contributed by atoms with E-state index in [1.165, 1.54) is 24.2 Å². The van der Waals surface area contributed by atoms with Gasteiger partial charge in [0.2, 0.25) is 0 Å². The van der Waals surface area contributed by atoms with Crippen molar-refractivity contribution in [1.82, 2.24) is 10.6 Å². The minimum atomic E-state index is 0. The molecule has 1 aliphatic heterocycles. The number of ether oxygens (including phenoxy) is 1. The average Bonchev–Trinajstić information content (AvgIpc) is 3.05. The first kappa shape index (κ1) is 20.4. The van der Waals surface area contributed by atoms with Crippen LogP contribution in [0.5, 0.6) is 5.75 Å². The molecule has 1 aromatic carbocycles. The fourth-order valence-electron chi connectivity index (χ4n) is 2.52. The van der Waals surface area contributed by atoms with Crippen LogP contribution in [0.1, 0.15) is 25.3 Å². The first-order chi connectivity index (χ1) is 10.8. The Bertz CT molecular complexity index is 479. The summed E-state index contributed by atoms with van der Waals surface area (Å²) in [5.41, 5.74) is 1.28. The number of nitrogens with zero attached hydrogens (tertiary/aromatic N) is 1. The van der Waals surface area contributed by atoms with Crippen molar-refractivity contribution < 1.29 is 4.74 Å². The Labute approximate surface area is 161 Å². The highest BCUT2D eigenvalue weighted by molar-refractivity contribution is 14.0.